The molecule has 0 bridgehead atoms. The number of carbonyl (C=O) groups excluding carboxylic acids is 1. The molecule has 6 heteroatoms. The molecular weight excluding hydrogens is 490 g/mol. The summed E-state index contributed by atoms with van der Waals surface area (Å²) in [7, 11) is 1.60. The van der Waals surface area contributed by atoms with Crippen molar-refractivity contribution in [1.29, 1.82) is 0 Å². The smallest absolute Gasteiger partial charge is 0.291 e. The van der Waals surface area contributed by atoms with Gasteiger partial charge in [0.15, 0.2) is 16.9 Å². The van der Waals surface area contributed by atoms with Crippen LogP contribution in [0.25, 0.3) is 11.0 Å². The molecule has 202 valence electrons. The number of hydrogen-bond donors (Lipinski definition) is 0. The Morgan fingerprint density at radius 2 is 1.72 bits per heavy atom. The lowest BCUT2D eigenvalue weighted by atomic mass is 9.96. The number of carbonyl (C=O) groups is 1. The van der Waals surface area contributed by atoms with Crippen LogP contribution >= 0.6 is 0 Å². The normalized spacial score (nSPS) is 14.6. The number of aryl methyl sites for hydroxylation is 2. The van der Waals surface area contributed by atoms with Gasteiger partial charge in [0, 0.05) is 6.54 Å². The molecule has 0 fully saturated rings. The van der Waals surface area contributed by atoms with E-state index in [-0.39, 0.29) is 17.1 Å². The van der Waals surface area contributed by atoms with E-state index in [1.165, 1.54) is 12.8 Å². The molecular formula is C33H35NO5. The number of methoxy groups -OCH3 is 1. The Labute approximate surface area is 229 Å². The number of fused-ring (bicyclic) bond motifs is 2. The Morgan fingerprint density at radius 1 is 0.923 bits per heavy atom. The lowest BCUT2D eigenvalue weighted by molar-refractivity contribution is 0.0714. The summed E-state index contributed by atoms with van der Waals surface area (Å²) in [6.07, 6.45) is 4.44. The summed E-state index contributed by atoms with van der Waals surface area (Å²) >= 11 is 0. The lowest BCUT2D eigenvalue weighted by Crippen LogP contribution is -2.29. The highest BCUT2D eigenvalue weighted by Crippen LogP contribution is 2.42. The predicted molar refractivity (Wildman–Crippen MR) is 153 cm³/mol. The minimum atomic E-state index is -0.624. The first-order valence-corrected chi connectivity index (χ1v) is 13.7. The lowest BCUT2D eigenvalue weighted by Gasteiger charge is -2.26. The predicted octanol–water partition coefficient (Wildman–Crippen LogP) is 7.12. The number of rotatable bonds is 10. The van der Waals surface area contributed by atoms with Gasteiger partial charge in [0.25, 0.3) is 5.91 Å². The molecule has 0 aliphatic carbocycles. The van der Waals surface area contributed by atoms with Crippen molar-refractivity contribution in [3.8, 4) is 11.5 Å². The van der Waals surface area contributed by atoms with Crippen LogP contribution in [0.1, 0.15) is 77.0 Å². The molecule has 1 aliphatic rings. The first-order chi connectivity index (χ1) is 18.9. The zero-order valence-corrected chi connectivity index (χ0v) is 23.1. The van der Waals surface area contributed by atoms with Crippen molar-refractivity contribution >= 4 is 16.9 Å². The first-order valence-electron chi connectivity index (χ1n) is 13.7. The van der Waals surface area contributed by atoms with Crippen LogP contribution in [-0.2, 0) is 6.54 Å². The molecule has 1 atom stereocenters. The van der Waals surface area contributed by atoms with Crippen molar-refractivity contribution in [3.63, 3.8) is 0 Å². The highest BCUT2D eigenvalue weighted by Gasteiger charge is 2.43. The SMILES string of the molecule is CCCCCCOc1ccc(C2c3c(oc4cc(C)cc(C)c4c3=O)C(=O)N2Cc2ccccc2)cc1OC. The van der Waals surface area contributed by atoms with Gasteiger partial charge in [0.1, 0.15) is 5.58 Å². The molecule has 2 heterocycles. The maximum absolute atomic E-state index is 14.0. The Hall–Kier alpha value is -4.06. The number of ether oxygens (including phenoxy) is 2. The Bertz CT molecular complexity index is 1560. The highest BCUT2D eigenvalue weighted by molar-refractivity contribution is 5.99. The van der Waals surface area contributed by atoms with Crippen molar-refractivity contribution in [1.82, 2.24) is 4.90 Å². The summed E-state index contributed by atoms with van der Waals surface area (Å²) in [5.41, 5.74) is 4.17. The number of benzene rings is 3. The monoisotopic (exact) mass is 525 g/mol. The van der Waals surface area contributed by atoms with E-state index >= 15 is 0 Å². The van der Waals surface area contributed by atoms with Gasteiger partial charge >= 0.3 is 0 Å². The van der Waals surface area contributed by atoms with Gasteiger partial charge < -0.3 is 18.8 Å². The molecule has 1 amide bonds. The van der Waals surface area contributed by atoms with Crippen LogP contribution in [0.5, 0.6) is 11.5 Å². The Morgan fingerprint density at radius 3 is 2.46 bits per heavy atom. The van der Waals surface area contributed by atoms with Gasteiger partial charge in [0.2, 0.25) is 5.76 Å². The molecule has 1 unspecified atom stereocenters. The van der Waals surface area contributed by atoms with E-state index in [2.05, 4.69) is 6.92 Å². The summed E-state index contributed by atoms with van der Waals surface area (Å²) in [6, 6.07) is 18.6. The van der Waals surface area contributed by atoms with Gasteiger partial charge in [-0.25, -0.2) is 0 Å². The summed E-state index contributed by atoms with van der Waals surface area (Å²) in [6.45, 7) is 6.98. The molecule has 0 saturated heterocycles. The zero-order valence-electron chi connectivity index (χ0n) is 23.1. The van der Waals surface area contributed by atoms with Crippen LogP contribution in [0.2, 0.25) is 0 Å². The second-order valence-corrected chi connectivity index (χ2v) is 10.3. The molecule has 0 saturated carbocycles. The molecule has 3 aromatic carbocycles. The van der Waals surface area contributed by atoms with Gasteiger partial charge in [-0.3, -0.25) is 9.59 Å². The zero-order chi connectivity index (χ0) is 27.5. The summed E-state index contributed by atoms with van der Waals surface area (Å²) < 4.78 is 17.9. The molecule has 6 nitrogen and oxygen atoms in total. The topological polar surface area (TPSA) is 69.0 Å². The van der Waals surface area contributed by atoms with Gasteiger partial charge in [-0.2, -0.15) is 0 Å². The van der Waals surface area contributed by atoms with Crippen LogP contribution in [-0.4, -0.2) is 24.5 Å². The highest BCUT2D eigenvalue weighted by atomic mass is 16.5. The van der Waals surface area contributed by atoms with E-state index in [1.54, 1.807) is 12.0 Å². The molecule has 0 radical (unpaired) electrons. The van der Waals surface area contributed by atoms with E-state index in [0.717, 1.165) is 35.1 Å². The van der Waals surface area contributed by atoms with Gasteiger partial charge in [0.05, 0.1) is 30.7 Å². The first kappa shape index (κ1) is 26.5. The third-order valence-electron chi connectivity index (χ3n) is 7.37. The Kier molecular flexibility index (Phi) is 7.73. The fourth-order valence-corrected chi connectivity index (χ4v) is 5.49. The maximum Gasteiger partial charge on any atom is 0.291 e. The molecule has 4 aromatic rings. The molecule has 1 aliphatic heterocycles. The molecule has 1 aromatic heterocycles. The van der Waals surface area contributed by atoms with Crippen LogP contribution < -0.4 is 14.9 Å². The summed E-state index contributed by atoms with van der Waals surface area (Å²) in [4.78, 5) is 29.6. The minimum absolute atomic E-state index is 0.105. The fourth-order valence-electron chi connectivity index (χ4n) is 5.49. The maximum atomic E-state index is 14.0. The number of nitrogens with zero attached hydrogens (tertiary/aromatic N) is 1. The second kappa shape index (κ2) is 11.4. The quantitative estimate of drug-likeness (QED) is 0.206. The average Bonchev–Trinajstić information content (AvgIpc) is 3.20. The second-order valence-electron chi connectivity index (χ2n) is 10.3. The third-order valence-corrected chi connectivity index (χ3v) is 7.37. The van der Waals surface area contributed by atoms with Crippen LogP contribution in [0.4, 0.5) is 0 Å². The summed E-state index contributed by atoms with van der Waals surface area (Å²) in [5.74, 6) is 1.02. The van der Waals surface area contributed by atoms with E-state index in [9.17, 15) is 9.59 Å². The van der Waals surface area contributed by atoms with E-state index in [1.807, 2.05) is 74.5 Å². The standard InChI is InChI=1S/C33H35NO5/c1-5-6-7-11-16-38-25-15-14-24(19-26(25)37-4)30-29-31(35)28-22(3)17-21(2)18-27(28)39-32(29)33(36)34(30)20-23-12-9-8-10-13-23/h8-10,12-15,17-19,30H,5-7,11,16,20H2,1-4H3. The van der Waals surface area contributed by atoms with E-state index in [4.69, 9.17) is 13.9 Å². The largest absolute Gasteiger partial charge is 0.493 e. The van der Waals surface area contributed by atoms with Gasteiger partial charge in [-0.15, -0.1) is 0 Å². The van der Waals surface area contributed by atoms with Crippen molar-refractivity contribution in [3.05, 3.63) is 104 Å². The molecule has 0 spiro atoms. The molecule has 39 heavy (non-hydrogen) atoms. The van der Waals surface area contributed by atoms with Crippen LogP contribution in [0.15, 0.2) is 69.9 Å². The minimum Gasteiger partial charge on any atom is -0.493 e. The summed E-state index contributed by atoms with van der Waals surface area (Å²) in [5, 5.41) is 0.512. The van der Waals surface area contributed by atoms with Crippen molar-refractivity contribution in [2.45, 2.75) is 59.0 Å². The third kappa shape index (κ3) is 5.16. The Balaban J connectivity index is 1.61. The number of unbranched alkanes of at least 4 members (excludes halogenated alkanes) is 3. The van der Waals surface area contributed by atoms with Crippen LogP contribution in [0, 0.1) is 13.8 Å². The van der Waals surface area contributed by atoms with Gasteiger partial charge in [-0.05, 0) is 60.7 Å². The molecule has 5 rings (SSSR count). The fraction of sp³-hybridized carbons (Fsp3) is 0.333. The average molecular weight is 526 g/mol. The van der Waals surface area contributed by atoms with Crippen molar-refractivity contribution in [2.75, 3.05) is 13.7 Å². The number of hydrogen-bond acceptors (Lipinski definition) is 5. The van der Waals surface area contributed by atoms with E-state index < -0.39 is 6.04 Å². The van der Waals surface area contributed by atoms with E-state index in [0.29, 0.717) is 41.2 Å². The van der Waals surface area contributed by atoms with Gasteiger partial charge in [-0.1, -0.05) is 68.7 Å². The molecule has 0 N–H and O–H groups in total. The number of amides is 1. The van der Waals surface area contributed by atoms with Crippen LogP contribution in [0.3, 0.4) is 0 Å². The van der Waals surface area contributed by atoms with Crippen molar-refractivity contribution in [2.24, 2.45) is 0 Å². The van der Waals surface area contributed by atoms with Crippen molar-refractivity contribution < 1.29 is 18.7 Å².